The molecule has 146 valence electrons. The fraction of sp³-hybridized carbons (Fsp3) is 0.250. The van der Waals surface area contributed by atoms with E-state index in [0.717, 1.165) is 44.5 Å². The van der Waals surface area contributed by atoms with Crippen LogP contribution in [0.25, 0.3) is 21.3 Å². The molecule has 0 radical (unpaired) electrons. The van der Waals surface area contributed by atoms with Crippen LogP contribution in [0.5, 0.6) is 11.5 Å². The van der Waals surface area contributed by atoms with E-state index in [2.05, 4.69) is 37.7 Å². The van der Waals surface area contributed by atoms with Gasteiger partial charge in [0.25, 0.3) is 0 Å². The number of thioether (sulfide) groups is 1. The molecule has 0 N–H and O–H groups in total. The fourth-order valence-corrected chi connectivity index (χ4v) is 5.81. The third-order valence-electron chi connectivity index (χ3n) is 4.84. The Morgan fingerprint density at radius 2 is 2.03 bits per heavy atom. The Morgan fingerprint density at radius 3 is 2.90 bits per heavy atom. The van der Waals surface area contributed by atoms with Gasteiger partial charge in [-0.2, -0.15) is 0 Å². The minimum atomic E-state index is 0.285. The summed E-state index contributed by atoms with van der Waals surface area (Å²) in [4.78, 5) is 5.99. The molecule has 6 nitrogen and oxygen atoms in total. The second kappa shape index (κ2) is 7.16. The number of ether oxygens (including phenoxy) is 2. The van der Waals surface area contributed by atoms with Gasteiger partial charge < -0.3 is 9.47 Å². The summed E-state index contributed by atoms with van der Waals surface area (Å²) in [6, 6.07) is 10.7. The van der Waals surface area contributed by atoms with Crippen molar-refractivity contribution in [3.05, 3.63) is 46.8 Å². The van der Waals surface area contributed by atoms with E-state index in [-0.39, 0.29) is 6.79 Å². The summed E-state index contributed by atoms with van der Waals surface area (Å²) in [7, 11) is 0. The van der Waals surface area contributed by atoms with Crippen LogP contribution in [0.15, 0.2) is 46.2 Å². The van der Waals surface area contributed by atoms with Gasteiger partial charge in [0, 0.05) is 22.7 Å². The van der Waals surface area contributed by atoms with Crippen LogP contribution in [-0.2, 0) is 5.75 Å². The fourth-order valence-electron chi connectivity index (χ4n) is 3.29. The molecule has 2 aliphatic rings. The molecule has 1 aliphatic carbocycles. The second-order valence-electron chi connectivity index (χ2n) is 6.89. The van der Waals surface area contributed by atoms with Gasteiger partial charge in [-0.3, -0.25) is 4.57 Å². The average Bonchev–Trinajstić information content (AvgIpc) is 3.24. The molecule has 6 rings (SSSR count). The van der Waals surface area contributed by atoms with Crippen molar-refractivity contribution in [3.8, 4) is 32.8 Å². The van der Waals surface area contributed by atoms with Crippen LogP contribution < -0.4 is 9.47 Å². The molecule has 1 aromatic carbocycles. The number of benzene rings is 1. The van der Waals surface area contributed by atoms with Crippen LogP contribution in [0.3, 0.4) is 0 Å². The average molecular weight is 441 g/mol. The second-order valence-corrected chi connectivity index (χ2v) is 9.63. The van der Waals surface area contributed by atoms with Crippen molar-refractivity contribution in [2.45, 2.75) is 29.8 Å². The Bertz CT molecular complexity index is 1160. The minimum absolute atomic E-state index is 0.285. The summed E-state index contributed by atoms with van der Waals surface area (Å²) in [5, 5.41) is 15.1. The number of rotatable bonds is 6. The molecular weight excluding hydrogens is 424 g/mol. The zero-order valence-electron chi connectivity index (χ0n) is 15.3. The molecule has 3 aromatic heterocycles. The van der Waals surface area contributed by atoms with Gasteiger partial charge >= 0.3 is 0 Å². The smallest absolute Gasteiger partial charge is 0.231 e. The Balaban J connectivity index is 1.21. The van der Waals surface area contributed by atoms with E-state index in [9.17, 15) is 0 Å². The summed E-state index contributed by atoms with van der Waals surface area (Å²) < 4.78 is 13.2. The number of nitrogens with zero attached hydrogens (tertiary/aromatic N) is 4. The molecule has 9 heteroatoms. The van der Waals surface area contributed by atoms with Crippen molar-refractivity contribution in [2.24, 2.45) is 0 Å². The summed E-state index contributed by atoms with van der Waals surface area (Å²) in [6.07, 6.45) is 2.41. The van der Waals surface area contributed by atoms with Gasteiger partial charge in [0.05, 0.1) is 10.6 Å². The molecule has 0 unspecified atom stereocenters. The number of fused-ring (bicyclic) bond motifs is 1. The van der Waals surface area contributed by atoms with E-state index in [1.807, 2.05) is 18.2 Å². The van der Waals surface area contributed by atoms with Gasteiger partial charge in [-0.05, 0) is 42.5 Å². The SMILES string of the molecule is c1csc(-c2nnc(SCc3csc(-c4ccc5c(c4)OCO5)n3)n2C2CC2)c1. The van der Waals surface area contributed by atoms with Crippen molar-refractivity contribution in [2.75, 3.05) is 6.79 Å². The standard InChI is InChI=1S/C20H16N4O2S3/c1-2-17(27-7-1)18-22-23-20(24(18)14-4-5-14)29-10-13-9-28-19(21-13)12-3-6-15-16(8-12)26-11-25-15/h1-3,6-9,14H,4-5,10-11H2. The maximum Gasteiger partial charge on any atom is 0.231 e. The van der Waals surface area contributed by atoms with Gasteiger partial charge in [0.1, 0.15) is 5.01 Å². The number of thiazole rings is 1. The van der Waals surface area contributed by atoms with Crippen LogP contribution >= 0.6 is 34.4 Å². The summed E-state index contributed by atoms with van der Waals surface area (Å²) >= 11 is 5.07. The number of aromatic nitrogens is 4. The highest BCUT2D eigenvalue weighted by Crippen LogP contribution is 2.42. The third-order valence-corrected chi connectivity index (χ3v) is 7.62. The van der Waals surface area contributed by atoms with Gasteiger partial charge in [0.15, 0.2) is 22.5 Å². The van der Waals surface area contributed by atoms with Crippen molar-refractivity contribution in [3.63, 3.8) is 0 Å². The highest BCUT2D eigenvalue weighted by atomic mass is 32.2. The summed E-state index contributed by atoms with van der Waals surface area (Å²) in [5.41, 5.74) is 2.10. The lowest BCUT2D eigenvalue weighted by Crippen LogP contribution is -1.99. The van der Waals surface area contributed by atoms with E-state index in [1.165, 1.54) is 17.7 Å². The zero-order chi connectivity index (χ0) is 19.2. The lowest BCUT2D eigenvalue weighted by molar-refractivity contribution is 0.174. The normalized spacial score (nSPS) is 15.2. The molecule has 1 aliphatic heterocycles. The molecule has 0 saturated heterocycles. The van der Waals surface area contributed by atoms with Crippen molar-refractivity contribution >= 4 is 34.4 Å². The zero-order valence-corrected chi connectivity index (χ0v) is 17.7. The van der Waals surface area contributed by atoms with E-state index < -0.39 is 0 Å². The van der Waals surface area contributed by atoms with E-state index in [1.54, 1.807) is 34.4 Å². The summed E-state index contributed by atoms with van der Waals surface area (Å²) in [6.45, 7) is 0.285. The Kier molecular flexibility index (Phi) is 4.32. The predicted molar refractivity (Wildman–Crippen MR) is 115 cm³/mol. The topological polar surface area (TPSA) is 62.1 Å². The molecule has 0 bridgehead atoms. The van der Waals surface area contributed by atoms with Crippen LogP contribution in [0, 0.1) is 0 Å². The maximum absolute atomic E-state index is 5.48. The monoisotopic (exact) mass is 440 g/mol. The highest BCUT2D eigenvalue weighted by Gasteiger charge is 2.30. The molecule has 0 amide bonds. The first-order valence-corrected chi connectivity index (χ1v) is 12.1. The third kappa shape index (κ3) is 3.33. The number of hydrogen-bond acceptors (Lipinski definition) is 8. The Hall–Kier alpha value is -2.36. The van der Waals surface area contributed by atoms with E-state index >= 15 is 0 Å². The molecular formula is C20H16N4O2S3. The van der Waals surface area contributed by atoms with Crippen LogP contribution in [0.4, 0.5) is 0 Å². The first-order valence-electron chi connectivity index (χ1n) is 9.31. The lowest BCUT2D eigenvalue weighted by atomic mass is 10.2. The van der Waals surface area contributed by atoms with Crippen molar-refractivity contribution < 1.29 is 9.47 Å². The first kappa shape index (κ1) is 17.5. The molecule has 1 fully saturated rings. The maximum atomic E-state index is 5.48. The van der Waals surface area contributed by atoms with Gasteiger partial charge in [0.2, 0.25) is 6.79 Å². The van der Waals surface area contributed by atoms with Crippen LogP contribution in [-0.4, -0.2) is 26.5 Å². The summed E-state index contributed by atoms with van der Waals surface area (Å²) in [5.74, 6) is 3.34. The number of thiophene rings is 1. The largest absolute Gasteiger partial charge is 0.454 e. The Labute approximate surface area is 179 Å². The van der Waals surface area contributed by atoms with Crippen molar-refractivity contribution in [1.29, 1.82) is 0 Å². The molecule has 0 spiro atoms. The van der Waals surface area contributed by atoms with Gasteiger partial charge in [-0.25, -0.2) is 4.98 Å². The van der Waals surface area contributed by atoms with Crippen LogP contribution in [0.1, 0.15) is 24.6 Å². The highest BCUT2D eigenvalue weighted by molar-refractivity contribution is 7.98. The van der Waals surface area contributed by atoms with Crippen molar-refractivity contribution in [1.82, 2.24) is 19.7 Å². The molecule has 29 heavy (non-hydrogen) atoms. The van der Waals surface area contributed by atoms with E-state index in [0.29, 0.717) is 6.04 Å². The first-order chi connectivity index (χ1) is 14.3. The molecule has 0 atom stereocenters. The van der Waals surface area contributed by atoms with Gasteiger partial charge in [-0.1, -0.05) is 17.8 Å². The minimum Gasteiger partial charge on any atom is -0.454 e. The number of hydrogen-bond donors (Lipinski definition) is 0. The molecule has 1 saturated carbocycles. The lowest BCUT2D eigenvalue weighted by Gasteiger charge is -2.07. The predicted octanol–water partition coefficient (Wildman–Crippen LogP) is 5.49. The van der Waals surface area contributed by atoms with E-state index in [4.69, 9.17) is 14.5 Å². The molecule has 4 aromatic rings. The quantitative estimate of drug-likeness (QED) is 0.370. The Morgan fingerprint density at radius 1 is 1.10 bits per heavy atom. The molecule has 4 heterocycles. The van der Waals surface area contributed by atoms with Crippen LogP contribution in [0.2, 0.25) is 0 Å². The van der Waals surface area contributed by atoms with Gasteiger partial charge in [-0.15, -0.1) is 32.9 Å².